The summed E-state index contributed by atoms with van der Waals surface area (Å²) in [5.41, 5.74) is 5.43. The molecule has 3 aromatic rings. The van der Waals surface area contributed by atoms with Crippen LogP contribution in [0.2, 0.25) is 5.02 Å². The third kappa shape index (κ3) is 6.36. The maximum absolute atomic E-state index is 11.5. The van der Waals surface area contributed by atoms with E-state index < -0.39 is 0 Å². The molecule has 5 heteroatoms. The maximum Gasteiger partial charge on any atom is 0.344 e. The number of carbonyl (C=O) groups is 1. The van der Waals surface area contributed by atoms with Crippen LogP contribution in [0, 0.1) is 0 Å². The van der Waals surface area contributed by atoms with Crippen LogP contribution in [0.1, 0.15) is 30.0 Å². The van der Waals surface area contributed by atoms with Crippen LogP contribution in [-0.2, 0) is 9.53 Å². The zero-order valence-corrected chi connectivity index (χ0v) is 18.8. The summed E-state index contributed by atoms with van der Waals surface area (Å²) in [4.78, 5) is 11.5. The van der Waals surface area contributed by atoms with Gasteiger partial charge in [0.25, 0.3) is 0 Å². The van der Waals surface area contributed by atoms with Crippen molar-refractivity contribution in [3.8, 4) is 5.75 Å². The van der Waals surface area contributed by atoms with E-state index in [9.17, 15) is 4.79 Å². The molecule has 0 aliphatic heterocycles. The van der Waals surface area contributed by atoms with E-state index in [-0.39, 0.29) is 12.6 Å². The molecule has 31 heavy (non-hydrogen) atoms. The lowest BCUT2D eigenvalue weighted by Crippen LogP contribution is -2.14. The van der Waals surface area contributed by atoms with Crippen LogP contribution in [0.3, 0.4) is 0 Å². The van der Waals surface area contributed by atoms with Gasteiger partial charge >= 0.3 is 5.97 Å². The van der Waals surface area contributed by atoms with Crippen molar-refractivity contribution in [1.82, 2.24) is 0 Å². The number of hydrogen-bond donors (Lipinski definition) is 0. The van der Waals surface area contributed by atoms with Gasteiger partial charge in [-0.3, -0.25) is 0 Å². The fourth-order valence-electron chi connectivity index (χ4n) is 3.34. The first-order valence-corrected chi connectivity index (χ1v) is 11.0. The highest BCUT2D eigenvalue weighted by molar-refractivity contribution is 6.30. The molecule has 0 aliphatic rings. The van der Waals surface area contributed by atoms with E-state index in [1.165, 1.54) is 0 Å². The Morgan fingerprint density at radius 2 is 1.45 bits per heavy atom. The molecule has 0 fully saturated rings. The number of alkyl halides is 1. The number of allylic oxidation sites excluding steroid dienone is 1. The van der Waals surface area contributed by atoms with Gasteiger partial charge in [0, 0.05) is 10.9 Å². The Labute approximate surface area is 193 Å². The average Bonchev–Trinajstić information content (AvgIpc) is 2.80. The highest BCUT2D eigenvalue weighted by atomic mass is 35.5. The van der Waals surface area contributed by atoms with Crippen molar-refractivity contribution in [2.45, 2.75) is 13.3 Å². The van der Waals surface area contributed by atoms with Crippen LogP contribution in [0.4, 0.5) is 0 Å². The van der Waals surface area contributed by atoms with Crippen molar-refractivity contribution in [1.29, 1.82) is 0 Å². The Hall–Kier alpha value is -2.75. The number of hydrogen-bond acceptors (Lipinski definition) is 3. The Bertz CT molecular complexity index is 1010. The van der Waals surface area contributed by atoms with Gasteiger partial charge < -0.3 is 9.47 Å². The second-order valence-electron chi connectivity index (χ2n) is 6.78. The zero-order chi connectivity index (χ0) is 22.1. The molecule has 3 rings (SSSR count). The second-order valence-corrected chi connectivity index (χ2v) is 7.60. The number of benzene rings is 3. The minimum absolute atomic E-state index is 0.116. The number of rotatable bonds is 9. The molecule has 0 saturated carbocycles. The molecular weight excluding hydrogens is 431 g/mol. The first kappa shape index (κ1) is 22.9. The SMILES string of the molecule is CCOC(=O)COc1ccc(C(=C(CCCl)c2ccccc2)c2ccc(Cl)cc2)cc1. The minimum atomic E-state index is -0.387. The summed E-state index contributed by atoms with van der Waals surface area (Å²) < 4.78 is 10.4. The number of carbonyl (C=O) groups excluding carboxylic acids is 1. The molecule has 160 valence electrons. The second kappa shape index (κ2) is 11.6. The van der Waals surface area contributed by atoms with Gasteiger partial charge in [-0.15, -0.1) is 11.6 Å². The lowest BCUT2D eigenvalue weighted by Gasteiger charge is -2.17. The summed E-state index contributed by atoms with van der Waals surface area (Å²) >= 11 is 12.3. The molecule has 0 aliphatic carbocycles. The van der Waals surface area contributed by atoms with E-state index in [2.05, 4.69) is 12.1 Å². The van der Waals surface area contributed by atoms with Crippen molar-refractivity contribution >= 4 is 40.3 Å². The predicted octanol–water partition coefficient (Wildman–Crippen LogP) is 6.87. The molecule has 0 saturated heterocycles. The predicted molar refractivity (Wildman–Crippen MR) is 128 cm³/mol. The number of esters is 1. The van der Waals surface area contributed by atoms with Crippen LogP contribution < -0.4 is 4.74 Å². The summed E-state index contributed by atoms with van der Waals surface area (Å²) in [7, 11) is 0. The molecule has 0 aromatic heterocycles. The summed E-state index contributed by atoms with van der Waals surface area (Å²) in [6, 6.07) is 25.7. The van der Waals surface area contributed by atoms with Gasteiger partial charge in [0.2, 0.25) is 0 Å². The molecule has 0 unspecified atom stereocenters. The minimum Gasteiger partial charge on any atom is -0.482 e. The molecule has 0 spiro atoms. The highest BCUT2D eigenvalue weighted by Gasteiger charge is 2.14. The van der Waals surface area contributed by atoms with Gasteiger partial charge in [-0.2, -0.15) is 0 Å². The summed E-state index contributed by atoms with van der Waals surface area (Å²) in [5, 5.41) is 0.685. The van der Waals surface area contributed by atoms with Crippen molar-refractivity contribution in [3.05, 3.63) is 101 Å². The summed E-state index contributed by atoms with van der Waals surface area (Å²) in [6.45, 7) is 1.98. The normalized spacial score (nSPS) is 11.6. The first-order valence-electron chi connectivity index (χ1n) is 10.1. The van der Waals surface area contributed by atoms with Crippen molar-refractivity contribution in [3.63, 3.8) is 0 Å². The third-order valence-electron chi connectivity index (χ3n) is 4.71. The molecule has 0 atom stereocenters. The Morgan fingerprint density at radius 1 is 0.839 bits per heavy atom. The maximum atomic E-state index is 11.5. The van der Waals surface area contributed by atoms with Gasteiger partial charge in [0.05, 0.1) is 6.61 Å². The molecule has 0 bridgehead atoms. The standard InChI is InChI=1S/C26H24Cl2O3/c1-2-30-25(29)18-31-23-14-10-21(11-15-23)26(20-8-12-22(28)13-9-20)24(16-17-27)19-6-4-3-5-7-19/h3-15H,2,16-18H2,1H3. The van der Waals surface area contributed by atoms with Gasteiger partial charge in [-0.25, -0.2) is 4.79 Å². The van der Waals surface area contributed by atoms with Gasteiger partial charge in [0.15, 0.2) is 6.61 Å². The van der Waals surface area contributed by atoms with Crippen molar-refractivity contribution in [2.75, 3.05) is 19.1 Å². The lowest BCUT2D eigenvalue weighted by atomic mass is 9.88. The van der Waals surface area contributed by atoms with Crippen LogP contribution in [0.5, 0.6) is 5.75 Å². The highest BCUT2D eigenvalue weighted by Crippen LogP contribution is 2.35. The monoisotopic (exact) mass is 454 g/mol. The van der Waals surface area contributed by atoms with E-state index in [1.807, 2.05) is 66.7 Å². The van der Waals surface area contributed by atoms with Crippen LogP contribution in [-0.4, -0.2) is 25.1 Å². The van der Waals surface area contributed by atoms with Crippen LogP contribution in [0.25, 0.3) is 11.1 Å². The Balaban J connectivity index is 2.02. The molecule has 0 N–H and O–H groups in total. The Kier molecular flexibility index (Phi) is 8.57. The first-order chi connectivity index (χ1) is 15.1. The number of ether oxygens (including phenoxy) is 2. The van der Waals surface area contributed by atoms with E-state index in [0.717, 1.165) is 27.8 Å². The van der Waals surface area contributed by atoms with E-state index >= 15 is 0 Å². The van der Waals surface area contributed by atoms with Gasteiger partial charge in [0.1, 0.15) is 5.75 Å². The Morgan fingerprint density at radius 3 is 2.03 bits per heavy atom. The van der Waals surface area contributed by atoms with E-state index in [4.69, 9.17) is 32.7 Å². The molecule has 3 nitrogen and oxygen atoms in total. The van der Waals surface area contributed by atoms with Crippen molar-refractivity contribution < 1.29 is 14.3 Å². The fourth-order valence-corrected chi connectivity index (χ4v) is 3.66. The van der Waals surface area contributed by atoms with Crippen LogP contribution >= 0.6 is 23.2 Å². The summed E-state index contributed by atoms with van der Waals surface area (Å²) in [6.07, 6.45) is 0.713. The zero-order valence-electron chi connectivity index (χ0n) is 17.3. The van der Waals surface area contributed by atoms with Crippen LogP contribution in [0.15, 0.2) is 78.9 Å². The molecule has 3 aromatic carbocycles. The average molecular weight is 455 g/mol. The molecule has 0 radical (unpaired) electrons. The largest absolute Gasteiger partial charge is 0.482 e. The number of halogens is 2. The third-order valence-corrected chi connectivity index (χ3v) is 5.15. The van der Waals surface area contributed by atoms with Gasteiger partial charge in [-0.1, -0.05) is 66.2 Å². The topological polar surface area (TPSA) is 35.5 Å². The van der Waals surface area contributed by atoms with E-state index in [0.29, 0.717) is 29.7 Å². The quantitative estimate of drug-likeness (QED) is 0.201. The smallest absolute Gasteiger partial charge is 0.344 e. The van der Waals surface area contributed by atoms with E-state index in [1.54, 1.807) is 6.92 Å². The fraction of sp³-hybridized carbons (Fsp3) is 0.192. The van der Waals surface area contributed by atoms with Crippen molar-refractivity contribution in [2.24, 2.45) is 0 Å². The van der Waals surface area contributed by atoms with Gasteiger partial charge in [-0.05, 0) is 65.4 Å². The molecule has 0 amide bonds. The molecular formula is C26H24Cl2O3. The summed E-state index contributed by atoms with van der Waals surface area (Å²) in [5.74, 6) is 0.717. The molecule has 0 heterocycles. The lowest BCUT2D eigenvalue weighted by molar-refractivity contribution is -0.145.